The molecule has 15 heavy (non-hydrogen) atoms. The molecule has 4 heteroatoms. The quantitative estimate of drug-likeness (QED) is 0.891. The van der Waals surface area contributed by atoms with Crippen LogP contribution in [0.15, 0.2) is 22.7 Å². The maximum absolute atomic E-state index is 9.03. The van der Waals surface area contributed by atoms with Gasteiger partial charge in [-0.25, -0.2) is 0 Å². The van der Waals surface area contributed by atoms with Gasteiger partial charge in [0.15, 0.2) is 0 Å². The highest BCUT2D eigenvalue weighted by atomic mass is 79.9. The van der Waals surface area contributed by atoms with Crippen LogP contribution >= 0.6 is 15.9 Å². The molecule has 0 fully saturated rings. The van der Waals surface area contributed by atoms with Crippen LogP contribution in [0.5, 0.6) is 0 Å². The van der Waals surface area contributed by atoms with Crippen LogP contribution in [0.2, 0.25) is 0 Å². The first-order chi connectivity index (χ1) is 7.19. The van der Waals surface area contributed by atoms with Crippen LogP contribution < -0.4 is 4.90 Å². The topological polar surface area (TPSA) is 32.7 Å². The van der Waals surface area contributed by atoms with Crippen molar-refractivity contribution in [1.82, 2.24) is 0 Å². The van der Waals surface area contributed by atoms with Crippen LogP contribution in [0.25, 0.3) is 0 Å². The van der Waals surface area contributed by atoms with Gasteiger partial charge in [0.1, 0.15) is 0 Å². The van der Waals surface area contributed by atoms with Crippen molar-refractivity contribution in [2.24, 2.45) is 0 Å². The number of likely N-dealkylation sites (N-methyl/N-ethyl adjacent to an activating group) is 1. The number of methoxy groups -OCH3 is 1. The molecule has 0 unspecified atom stereocenters. The van der Waals surface area contributed by atoms with Crippen LogP contribution in [0.3, 0.4) is 0 Å². The molecule has 0 amide bonds. The number of halogens is 1. The third kappa shape index (κ3) is 3.48. The summed E-state index contributed by atoms with van der Waals surface area (Å²) in [5, 5.41) is 9.03. The number of hydrogen-bond acceptors (Lipinski definition) is 3. The molecule has 1 rings (SSSR count). The van der Waals surface area contributed by atoms with E-state index in [-0.39, 0.29) is 6.61 Å². The molecular weight excluding hydrogens is 258 g/mol. The van der Waals surface area contributed by atoms with Gasteiger partial charge in [0.2, 0.25) is 0 Å². The molecule has 3 nitrogen and oxygen atoms in total. The maximum Gasteiger partial charge on any atom is 0.0692 e. The van der Waals surface area contributed by atoms with Crippen molar-refractivity contribution in [2.75, 3.05) is 32.2 Å². The molecule has 1 aromatic carbocycles. The SMILES string of the molecule is COCCN(C)c1ccc(CO)c(Br)c1. The monoisotopic (exact) mass is 273 g/mol. The lowest BCUT2D eigenvalue weighted by molar-refractivity contribution is 0.206. The summed E-state index contributed by atoms with van der Waals surface area (Å²) < 4.78 is 5.95. The minimum Gasteiger partial charge on any atom is -0.392 e. The van der Waals surface area contributed by atoms with Gasteiger partial charge in [0, 0.05) is 30.9 Å². The molecule has 0 aliphatic carbocycles. The van der Waals surface area contributed by atoms with Crippen molar-refractivity contribution < 1.29 is 9.84 Å². The fraction of sp³-hybridized carbons (Fsp3) is 0.455. The van der Waals surface area contributed by atoms with Crippen molar-refractivity contribution in [1.29, 1.82) is 0 Å². The molecule has 0 aromatic heterocycles. The molecule has 0 spiro atoms. The fourth-order valence-corrected chi connectivity index (χ4v) is 1.75. The van der Waals surface area contributed by atoms with E-state index >= 15 is 0 Å². The van der Waals surface area contributed by atoms with Crippen molar-refractivity contribution in [3.8, 4) is 0 Å². The summed E-state index contributed by atoms with van der Waals surface area (Å²) in [7, 11) is 3.71. The predicted molar refractivity (Wildman–Crippen MR) is 65.2 cm³/mol. The molecule has 1 aromatic rings. The summed E-state index contributed by atoms with van der Waals surface area (Å²) in [5.74, 6) is 0. The maximum atomic E-state index is 9.03. The molecule has 0 atom stereocenters. The molecule has 1 N–H and O–H groups in total. The van der Waals surface area contributed by atoms with Crippen LogP contribution in [0, 0.1) is 0 Å². The summed E-state index contributed by atoms with van der Waals surface area (Å²) in [4.78, 5) is 2.11. The van der Waals surface area contributed by atoms with E-state index < -0.39 is 0 Å². The standard InChI is InChI=1S/C11H16BrNO2/c1-13(5-6-15-2)10-4-3-9(8-14)11(12)7-10/h3-4,7,14H,5-6,8H2,1-2H3. The average Bonchev–Trinajstić information content (AvgIpc) is 2.25. The first kappa shape index (κ1) is 12.5. The van der Waals surface area contributed by atoms with Gasteiger partial charge in [-0.3, -0.25) is 0 Å². The van der Waals surface area contributed by atoms with Gasteiger partial charge in [-0.15, -0.1) is 0 Å². The highest BCUT2D eigenvalue weighted by Crippen LogP contribution is 2.23. The van der Waals surface area contributed by atoms with E-state index in [1.54, 1.807) is 7.11 Å². The molecule has 0 radical (unpaired) electrons. The normalized spacial score (nSPS) is 10.4. The zero-order chi connectivity index (χ0) is 11.3. The minimum absolute atomic E-state index is 0.0582. The highest BCUT2D eigenvalue weighted by Gasteiger charge is 2.04. The van der Waals surface area contributed by atoms with Crippen molar-refractivity contribution in [2.45, 2.75) is 6.61 Å². The molecule has 0 saturated heterocycles. The third-order valence-electron chi connectivity index (χ3n) is 2.28. The lowest BCUT2D eigenvalue weighted by Crippen LogP contribution is -2.21. The van der Waals surface area contributed by atoms with Crippen molar-refractivity contribution in [3.63, 3.8) is 0 Å². The fourth-order valence-electron chi connectivity index (χ4n) is 1.26. The van der Waals surface area contributed by atoms with Crippen molar-refractivity contribution in [3.05, 3.63) is 28.2 Å². The predicted octanol–water partition coefficient (Wildman–Crippen LogP) is 2.02. The Morgan fingerprint density at radius 1 is 1.47 bits per heavy atom. The van der Waals surface area contributed by atoms with Gasteiger partial charge >= 0.3 is 0 Å². The Labute approximate surface area is 98.8 Å². The Hall–Kier alpha value is -0.580. The number of nitrogens with zero attached hydrogens (tertiary/aromatic N) is 1. The molecular formula is C11H16BrNO2. The lowest BCUT2D eigenvalue weighted by Gasteiger charge is -2.19. The molecule has 0 heterocycles. The van der Waals surface area contributed by atoms with E-state index in [9.17, 15) is 0 Å². The largest absolute Gasteiger partial charge is 0.392 e. The second kappa shape index (κ2) is 6.10. The number of anilines is 1. The average molecular weight is 274 g/mol. The van der Waals surface area contributed by atoms with Gasteiger partial charge < -0.3 is 14.7 Å². The summed E-state index contributed by atoms with van der Waals surface area (Å²) in [6.07, 6.45) is 0. The molecule has 0 saturated carbocycles. The smallest absolute Gasteiger partial charge is 0.0692 e. The number of aliphatic hydroxyl groups excluding tert-OH is 1. The van der Waals surface area contributed by atoms with Gasteiger partial charge in [-0.05, 0) is 17.7 Å². The van der Waals surface area contributed by atoms with Gasteiger partial charge in [0.25, 0.3) is 0 Å². The summed E-state index contributed by atoms with van der Waals surface area (Å²) in [5.41, 5.74) is 2.01. The van der Waals surface area contributed by atoms with Crippen LogP contribution in [-0.4, -0.2) is 32.4 Å². The van der Waals surface area contributed by atoms with Gasteiger partial charge in [0.05, 0.1) is 13.2 Å². The number of hydrogen-bond donors (Lipinski definition) is 1. The first-order valence-electron chi connectivity index (χ1n) is 4.78. The van der Waals surface area contributed by atoms with Crippen LogP contribution in [-0.2, 0) is 11.3 Å². The Morgan fingerprint density at radius 3 is 2.73 bits per heavy atom. The summed E-state index contributed by atoms with van der Waals surface area (Å²) >= 11 is 3.43. The lowest BCUT2D eigenvalue weighted by atomic mass is 10.2. The second-order valence-corrected chi connectivity index (χ2v) is 4.20. The Balaban J connectivity index is 2.73. The van der Waals surface area contributed by atoms with E-state index in [4.69, 9.17) is 9.84 Å². The number of benzene rings is 1. The number of ether oxygens (including phenoxy) is 1. The zero-order valence-electron chi connectivity index (χ0n) is 9.03. The van der Waals surface area contributed by atoms with Crippen LogP contribution in [0.1, 0.15) is 5.56 Å². The summed E-state index contributed by atoms with van der Waals surface area (Å²) in [6.45, 7) is 1.61. The van der Waals surface area contributed by atoms with Crippen molar-refractivity contribution >= 4 is 21.6 Å². The molecule has 0 aliphatic heterocycles. The van der Waals surface area contributed by atoms with E-state index in [1.807, 2.05) is 25.2 Å². The second-order valence-electron chi connectivity index (χ2n) is 3.35. The van der Waals surface area contributed by atoms with E-state index in [0.29, 0.717) is 6.61 Å². The van der Waals surface area contributed by atoms with Crippen LogP contribution in [0.4, 0.5) is 5.69 Å². The zero-order valence-corrected chi connectivity index (χ0v) is 10.6. The number of rotatable bonds is 5. The molecule has 0 bridgehead atoms. The highest BCUT2D eigenvalue weighted by molar-refractivity contribution is 9.10. The minimum atomic E-state index is 0.0582. The van der Waals surface area contributed by atoms with E-state index in [1.165, 1.54) is 0 Å². The van der Waals surface area contributed by atoms with E-state index in [2.05, 4.69) is 20.8 Å². The Kier molecular flexibility index (Phi) is 5.08. The molecule has 0 aliphatic rings. The third-order valence-corrected chi connectivity index (χ3v) is 3.02. The number of aliphatic hydroxyl groups is 1. The van der Waals surface area contributed by atoms with Gasteiger partial charge in [-0.2, -0.15) is 0 Å². The van der Waals surface area contributed by atoms with E-state index in [0.717, 1.165) is 22.3 Å². The van der Waals surface area contributed by atoms with Gasteiger partial charge in [-0.1, -0.05) is 22.0 Å². The Morgan fingerprint density at radius 2 is 2.20 bits per heavy atom. The Bertz CT molecular complexity index is 317. The summed E-state index contributed by atoms with van der Waals surface area (Å²) in [6, 6.07) is 5.91. The first-order valence-corrected chi connectivity index (χ1v) is 5.57. The molecule has 84 valence electrons.